The fourth-order valence-electron chi connectivity index (χ4n) is 0.0660. The fraction of sp³-hybridized carbons (Fsp3) is 0.833. The van der Waals surface area contributed by atoms with Gasteiger partial charge in [0.15, 0.2) is 0 Å². The molecule has 0 aliphatic carbocycles. The first-order valence-electron chi connectivity index (χ1n) is 3.17. The normalized spacial score (nSPS) is 11.3. The molecule has 0 bridgehead atoms. The van der Waals surface area contributed by atoms with Crippen molar-refractivity contribution < 1.29 is 9.90 Å². The van der Waals surface area contributed by atoms with Crippen LogP contribution >= 0.6 is 23.2 Å². The molecule has 0 aliphatic rings. The van der Waals surface area contributed by atoms with E-state index in [9.17, 15) is 4.79 Å². The van der Waals surface area contributed by atoms with Gasteiger partial charge in [-0.25, -0.2) is 0 Å². The quantitative estimate of drug-likeness (QED) is 0.674. The standard InChI is InChI=1S/C3H4Cl2O2.C3H9N/c4-1-2(5)3(6)7;1-3-4-2/h2H,1H2,(H,6,7);4H,3H2,1-2H3. The molecule has 1 atom stereocenters. The van der Waals surface area contributed by atoms with Gasteiger partial charge in [-0.3, -0.25) is 4.79 Å². The van der Waals surface area contributed by atoms with Gasteiger partial charge in [-0.15, -0.1) is 23.2 Å². The van der Waals surface area contributed by atoms with E-state index in [1.165, 1.54) is 0 Å². The zero-order valence-electron chi connectivity index (χ0n) is 6.60. The zero-order chi connectivity index (χ0) is 9.28. The summed E-state index contributed by atoms with van der Waals surface area (Å²) in [6.07, 6.45) is 0. The van der Waals surface area contributed by atoms with Gasteiger partial charge in [0.05, 0.1) is 0 Å². The van der Waals surface area contributed by atoms with Gasteiger partial charge in [0.25, 0.3) is 0 Å². The molecule has 1 unspecified atom stereocenters. The summed E-state index contributed by atoms with van der Waals surface area (Å²) in [5.74, 6) is -1.12. The number of hydrogen-bond acceptors (Lipinski definition) is 2. The van der Waals surface area contributed by atoms with Crippen molar-refractivity contribution in [2.24, 2.45) is 0 Å². The summed E-state index contributed by atoms with van der Waals surface area (Å²) in [5.41, 5.74) is 0. The van der Waals surface area contributed by atoms with E-state index in [2.05, 4.69) is 12.2 Å². The van der Waals surface area contributed by atoms with Gasteiger partial charge < -0.3 is 10.4 Å². The van der Waals surface area contributed by atoms with Crippen molar-refractivity contribution in [3.8, 4) is 0 Å². The maximum Gasteiger partial charge on any atom is 0.322 e. The first-order chi connectivity index (χ1) is 5.09. The molecule has 0 saturated carbocycles. The average Bonchev–Trinajstić information content (AvgIpc) is 2.03. The molecule has 0 aromatic carbocycles. The van der Waals surface area contributed by atoms with Crippen LogP contribution in [0.2, 0.25) is 0 Å². The number of rotatable bonds is 3. The summed E-state index contributed by atoms with van der Waals surface area (Å²) >= 11 is 10.1. The molecule has 2 N–H and O–H groups in total. The average molecular weight is 202 g/mol. The van der Waals surface area contributed by atoms with Crippen LogP contribution in [0, 0.1) is 0 Å². The lowest BCUT2D eigenvalue weighted by atomic mass is 10.5. The van der Waals surface area contributed by atoms with Crippen molar-refractivity contribution in [2.45, 2.75) is 12.3 Å². The molecule has 0 heterocycles. The van der Waals surface area contributed by atoms with Crippen LogP contribution < -0.4 is 5.32 Å². The van der Waals surface area contributed by atoms with Crippen LogP contribution in [-0.4, -0.2) is 35.9 Å². The summed E-state index contributed by atoms with van der Waals surface area (Å²) in [4.78, 5) is 9.71. The fourth-order valence-corrected chi connectivity index (χ4v) is 0.198. The molecule has 11 heavy (non-hydrogen) atoms. The highest BCUT2D eigenvalue weighted by Gasteiger charge is 2.09. The van der Waals surface area contributed by atoms with E-state index in [0.29, 0.717) is 0 Å². The number of nitrogens with one attached hydrogen (secondary N) is 1. The minimum atomic E-state index is -1.07. The summed E-state index contributed by atoms with van der Waals surface area (Å²) < 4.78 is 0. The van der Waals surface area contributed by atoms with Crippen LogP contribution in [0.1, 0.15) is 6.92 Å². The third-order valence-electron chi connectivity index (χ3n) is 0.757. The Morgan fingerprint density at radius 2 is 2.09 bits per heavy atom. The topological polar surface area (TPSA) is 49.3 Å². The Morgan fingerprint density at radius 1 is 1.73 bits per heavy atom. The van der Waals surface area contributed by atoms with Gasteiger partial charge in [-0.05, 0) is 13.6 Å². The molecular weight excluding hydrogens is 189 g/mol. The van der Waals surface area contributed by atoms with E-state index >= 15 is 0 Å². The molecule has 0 rings (SSSR count). The summed E-state index contributed by atoms with van der Waals surface area (Å²) in [5, 5.41) is 9.95. The highest BCUT2D eigenvalue weighted by Crippen LogP contribution is 1.96. The summed E-state index contributed by atoms with van der Waals surface area (Å²) in [6, 6.07) is 0. The molecular formula is C6H13Cl2NO2. The molecule has 0 amide bonds. The number of carboxylic acid groups (broad SMARTS) is 1. The van der Waals surface area contributed by atoms with E-state index in [1.54, 1.807) is 0 Å². The van der Waals surface area contributed by atoms with Crippen LogP contribution in [0.3, 0.4) is 0 Å². The van der Waals surface area contributed by atoms with E-state index in [-0.39, 0.29) is 5.88 Å². The third kappa shape index (κ3) is 13.1. The number of carboxylic acids is 1. The van der Waals surface area contributed by atoms with Crippen molar-refractivity contribution in [2.75, 3.05) is 19.5 Å². The highest BCUT2D eigenvalue weighted by atomic mass is 35.5. The van der Waals surface area contributed by atoms with Crippen LogP contribution in [-0.2, 0) is 4.79 Å². The van der Waals surface area contributed by atoms with Crippen molar-refractivity contribution in [3.05, 3.63) is 0 Å². The van der Waals surface area contributed by atoms with E-state index in [1.807, 2.05) is 7.05 Å². The highest BCUT2D eigenvalue weighted by molar-refractivity contribution is 6.35. The van der Waals surface area contributed by atoms with Gasteiger partial charge in [0.1, 0.15) is 5.38 Å². The van der Waals surface area contributed by atoms with E-state index < -0.39 is 11.3 Å². The third-order valence-corrected chi connectivity index (χ3v) is 1.56. The predicted octanol–water partition coefficient (Wildman–Crippen LogP) is 1.14. The summed E-state index contributed by atoms with van der Waals surface area (Å²) in [7, 11) is 1.93. The second-order valence-corrected chi connectivity index (χ2v) is 2.50. The molecule has 0 saturated heterocycles. The smallest absolute Gasteiger partial charge is 0.322 e. The molecule has 0 radical (unpaired) electrons. The van der Waals surface area contributed by atoms with Crippen LogP contribution in [0.25, 0.3) is 0 Å². The monoisotopic (exact) mass is 201 g/mol. The maximum absolute atomic E-state index is 9.71. The number of carbonyl (C=O) groups is 1. The predicted molar refractivity (Wildman–Crippen MR) is 47.6 cm³/mol. The van der Waals surface area contributed by atoms with Crippen LogP contribution in [0.4, 0.5) is 0 Å². The Balaban J connectivity index is 0. The lowest BCUT2D eigenvalue weighted by molar-refractivity contribution is -0.136. The zero-order valence-corrected chi connectivity index (χ0v) is 8.11. The maximum atomic E-state index is 9.71. The first-order valence-corrected chi connectivity index (χ1v) is 4.14. The molecule has 0 spiro atoms. The summed E-state index contributed by atoms with van der Waals surface area (Å²) in [6.45, 7) is 3.14. The van der Waals surface area contributed by atoms with Crippen LogP contribution in [0.15, 0.2) is 0 Å². The Kier molecular flexibility index (Phi) is 12.4. The van der Waals surface area contributed by atoms with Gasteiger partial charge >= 0.3 is 5.97 Å². The number of aliphatic carboxylic acids is 1. The minimum absolute atomic E-state index is 0.0448. The molecule has 0 aromatic rings. The van der Waals surface area contributed by atoms with Gasteiger partial charge in [0.2, 0.25) is 0 Å². The van der Waals surface area contributed by atoms with Gasteiger partial charge in [0, 0.05) is 5.88 Å². The van der Waals surface area contributed by atoms with Crippen molar-refractivity contribution in [1.29, 1.82) is 0 Å². The minimum Gasteiger partial charge on any atom is -0.480 e. The largest absolute Gasteiger partial charge is 0.480 e. The first kappa shape index (κ1) is 13.6. The number of halogens is 2. The molecule has 3 nitrogen and oxygen atoms in total. The Hall–Kier alpha value is 0.01000. The number of alkyl halides is 2. The second-order valence-electron chi connectivity index (χ2n) is 1.67. The SMILES string of the molecule is CCNC.O=C(O)C(Cl)CCl. The lowest BCUT2D eigenvalue weighted by Gasteiger charge is -1.92. The molecule has 0 aliphatic heterocycles. The van der Waals surface area contributed by atoms with Crippen molar-refractivity contribution in [1.82, 2.24) is 5.32 Å². The molecule has 68 valence electrons. The van der Waals surface area contributed by atoms with Crippen LogP contribution in [0.5, 0.6) is 0 Å². The van der Waals surface area contributed by atoms with Gasteiger partial charge in [-0.2, -0.15) is 0 Å². The number of hydrogen-bond donors (Lipinski definition) is 2. The Morgan fingerprint density at radius 3 is 2.09 bits per heavy atom. The lowest BCUT2D eigenvalue weighted by Crippen LogP contribution is -2.13. The molecule has 0 aromatic heterocycles. The Bertz CT molecular complexity index is 98.6. The van der Waals surface area contributed by atoms with Crippen molar-refractivity contribution >= 4 is 29.2 Å². The molecule has 0 fully saturated rings. The molecule has 5 heteroatoms. The van der Waals surface area contributed by atoms with Crippen molar-refractivity contribution in [3.63, 3.8) is 0 Å². The Labute approximate surface area is 76.7 Å². The second kappa shape index (κ2) is 10.0. The van der Waals surface area contributed by atoms with E-state index in [0.717, 1.165) is 6.54 Å². The van der Waals surface area contributed by atoms with Gasteiger partial charge in [-0.1, -0.05) is 6.92 Å². The van der Waals surface area contributed by atoms with E-state index in [4.69, 9.17) is 28.3 Å².